The molecule has 0 unspecified atom stereocenters. The van der Waals surface area contributed by atoms with E-state index in [0.29, 0.717) is 22.3 Å². The summed E-state index contributed by atoms with van der Waals surface area (Å²) < 4.78 is 3.99. The van der Waals surface area contributed by atoms with Crippen LogP contribution in [0.5, 0.6) is 0 Å². The van der Waals surface area contributed by atoms with Gasteiger partial charge < -0.3 is 15.4 Å². The molecule has 8 nitrogen and oxygen atoms in total. The Morgan fingerprint density at radius 1 is 1.27 bits per heavy atom. The molecule has 0 spiro atoms. The van der Waals surface area contributed by atoms with Crippen molar-refractivity contribution >= 4 is 50.0 Å². The Labute approximate surface area is 158 Å². The first kappa shape index (κ1) is 16.5. The van der Waals surface area contributed by atoms with E-state index in [1.807, 2.05) is 0 Å². The van der Waals surface area contributed by atoms with Crippen LogP contribution in [0.2, 0.25) is 0 Å². The van der Waals surface area contributed by atoms with Crippen molar-refractivity contribution < 1.29 is 9.90 Å². The van der Waals surface area contributed by atoms with Gasteiger partial charge in [-0.2, -0.15) is 0 Å². The van der Waals surface area contributed by atoms with Gasteiger partial charge in [0.15, 0.2) is 10.8 Å². The molecule has 0 fully saturated rings. The third-order valence-electron chi connectivity index (χ3n) is 3.72. The summed E-state index contributed by atoms with van der Waals surface area (Å²) in [5.74, 6) is -0.760. The predicted molar refractivity (Wildman–Crippen MR) is 101 cm³/mol. The molecule has 130 valence electrons. The number of nitrogens with two attached hydrogens (primary N) is 1. The lowest BCUT2D eigenvalue weighted by Gasteiger charge is -2.10. The van der Waals surface area contributed by atoms with Crippen LogP contribution < -0.4 is 11.2 Å². The number of nitrogen functional groups attached to an aromatic ring is 1. The molecule has 3 N–H and O–H groups in total. The minimum atomic E-state index is -1.30. The molecule has 10 heteroatoms. The van der Waals surface area contributed by atoms with Crippen molar-refractivity contribution in [2.75, 3.05) is 5.73 Å². The molecule has 0 atom stereocenters. The third kappa shape index (κ3) is 2.68. The van der Waals surface area contributed by atoms with E-state index in [-0.39, 0.29) is 10.9 Å². The summed E-state index contributed by atoms with van der Waals surface area (Å²) >= 11 is 4.63. The minimum Gasteiger partial charge on any atom is -0.477 e. The number of carboxylic acids is 1. The minimum absolute atomic E-state index is 0.195. The van der Waals surface area contributed by atoms with Crippen molar-refractivity contribution in [2.45, 2.75) is 0 Å². The second-order valence-electron chi connectivity index (χ2n) is 5.39. The number of fused-ring (bicyclic) bond motifs is 1. The third-order valence-corrected chi connectivity index (χ3v) is 5.19. The van der Waals surface area contributed by atoms with Gasteiger partial charge in [0, 0.05) is 24.3 Å². The lowest BCUT2D eigenvalue weighted by atomic mass is 10.2. The van der Waals surface area contributed by atoms with Crippen LogP contribution in [0.25, 0.3) is 22.0 Å². The van der Waals surface area contributed by atoms with E-state index in [1.54, 1.807) is 41.4 Å². The quantitative estimate of drug-likeness (QED) is 0.514. The molecular weight excluding hydrogens is 422 g/mol. The molecular formula is C16H10BrN5O3S. The Morgan fingerprint density at radius 2 is 2.08 bits per heavy atom. The van der Waals surface area contributed by atoms with Gasteiger partial charge in [0.1, 0.15) is 11.4 Å². The summed E-state index contributed by atoms with van der Waals surface area (Å²) in [6.07, 6.45) is 6.29. The molecule has 4 heterocycles. The van der Waals surface area contributed by atoms with Gasteiger partial charge in [0.2, 0.25) is 5.43 Å². The molecule has 0 aromatic carbocycles. The highest BCUT2D eigenvalue weighted by Crippen LogP contribution is 2.25. The first-order chi connectivity index (χ1) is 12.4. The molecule has 4 rings (SSSR count). The maximum atomic E-state index is 12.5. The molecule has 0 amide bonds. The Hall–Kier alpha value is -2.98. The average Bonchev–Trinajstić information content (AvgIpc) is 3.23. The van der Waals surface area contributed by atoms with Crippen LogP contribution in [-0.4, -0.2) is 30.2 Å². The SMILES string of the molecule is Nc1ccn(-c2ccc3c(=O)c(C(=O)O)cn(-c4ncc(Br)s4)c3n2)c1. The zero-order chi connectivity index (χ0) is 18.4. The van der Waals surface area contributed by atoms with Crippen molar-refractivity contribution in [1.82, 2.24) is 19.1 Å². The molecule has 4 aromatic rings. The van der Waals surface area contributed by atoms with E-state index in [2.05, 4.69) is 25.9 Å². The van der Waals surface area contributed by atoms with Gasteiger partial charge in [0.25, 0.3) is 0 Å². The number of rotatable bonds is 3. The standard InChI is InChI=1S/C16H10BrN5O3S/c17-11-5-19-16(26-11)22-7-10(15(24)25)13(23)9-1-2-12(20-14(9)22)21-4-3-8(18)6-21/h1-7H,18H2,(H,24,25). The van der Waals surface area contributed by atoms with Crippen LogP contribution in [0.15, 0.2) is 51.6 Å². The summed E-state index contributed by atoms with van der Waals surface area (Å²) in [4.78, 5) is 32.8. The summed E-state index contributed by atoms with van der Waals surface area (Å²) in [6.45, 7) is 0. The Morgan fingerprint density at radius 3 is 2.69 bits per heavy atom. The van der Waals surface area contributed by atoms with E-state index >= 15 is 0 Å². The molecule has 0 radical (unpaired) electrons. The van der Waals surface area contributed by atoms with Crippen molar-refractivity contribution in [2.24, 2.45) is 0 Å². The molecule has 4 aromatic heterocycles. The van der Waals surface area contributed by atoms with Crippen LogP contribution in [0.3, 0.4) is 0 Å². The number of aromatic nitrogens is 4. The maximum Gasteiger partial charge on any atom is 0.341 e. The fourth-order valence-corrected chi connectivity index (χ4v) is 3.71. The molecule has 0 bridgehead atoms. The molecule has 0 aliphatic rings. The summed E-state index contributed by atoms with van der Waals surface area (Å²) in [5.41, 5.74) is 5.70. The van der Waals surface area contributed by atoms with Gasteiger partial charge in [-0.25, -0.2) is 14.8 Å². The van der Waals surface area contributed by atoms with Crippen molar-refractivity contribution in [3.8, 4) is 10.9 Å². The van der Waals surface area contributed by atoms with Gasteiger partial charge in [-0.1, -0.05) is 11.3 Å². The number of pyridine rings is 2. The molecule has 0 saturated heterocycles. The van der Waals surface area contributed by atoms with Crippen LogP contribution in [0.4, 0.5) is 5.69 Å². The highest BCUT2D eigenvalue weighted by atomic mass is 79.9. The second kappa shape index (κ2) is 6.07. The van der Waals surface area contributed by atoms with Gasteiger partial charge in [-0.05, 0) is 34.1 Å². The summed E-state index contributed by atoms with van der Waals surface area (Å²) in [7, 11) is 0. The number of anilines is 1. The van der Waals surface area contributed by atoms with E-state index in [9.17, 15) is 14.7 Å². The smallest absolute Gasteiger partial charge is 0.341 e. The molecule has 26 heavy (non-hydrogen) atoms. The van der Waals surface area contributed by atoms with E-state index in [1.165, 1.54) is 22.1 Å². The predicted octanol–water partition coefficient (Wildman–Crippen LogP) is 2.68. The Bertz CT molecular complexity index is 1230. The van der Waals surface area contributed by atoms with Crippen molar-refractivity contribution in [3.63, 3.8) is 0 Å². The molecule has 0 aliphatic heterocycles. The van der Waals surface area contributed by atoms with E-state index in [0.717, 1.165) is 3.79 Å². The zero-order valence-electron chi connectivity index (χ0n) is 13.0. The van der Waals surface area contributed by atoms with Crippen LogP contribution in [0.1, 0.15) is 10.4 Å². The van der Waals surface area contributed by atoms with Crippen molar-refractivity contribution in [1.29, 1.82) is 0 Å². The number of nitrogens with zero attached hydrogens (tertiary/aromatic N) is 4. The normalized spacial score (nSPS) is 11.1. The fraction of sp³-hybridized carbons (Fsp3) is 0. The van der Waals surface area contributed by atoms with Crippen LogP contribution in [-0.2, 0) is 0 Å². The number of aromatic carboxylic acids is 1. The number of thiazole rings is 1. The number of carbonyl (C=O) groups is 1. The molecule has 0 aliphatic carbocycles. The second-order valence-corrected chi connectivity index (χ2v) is 7.78. The van der Waals surface area contributed by atoms with Gasteiger partial charge in [0.05, 0.1) is 15.4 Å². The summed E-state index contributed by atoms with van der Waals surface area (Å²) in [5, 5.41) is 10.0. The lowest BCUT2D eigenvalue weighted by Crippen LogP contribution is -2.19. The Balaban J connectivity index is 2.06. The van der Waals surface area contributed by atoms with Gasteiger partial charge in [-0.3, -0.25) is 9.36 Å². The monoisotopic (exact) mass is 431 g/mol. The van der Waals surface area contributed by atoms with Crippen LogP contribution >= 0.6 is 27.3 Å². The average molecular weight is 432 g/mol. The first-order valence-electron chi connectivity index (χ1n) is 7.29. The Kier molecular flexibility index (Phi) is 3.85. The number of hydrogen-bond acceptors (Lipinski definition) is 6. The topological polar surface area (TPSA) is 116 Å². The van der Waals surface area contributed by atoms with E-state index in [4.69, 9.17) is 5.73 Å². The van der Waals surface area contributed by atoms with Crippen LogP contribution in [0, 0.1) is 0 Å². The van der Waals surface area contributed by atoms with E-state index < -0.39 is 11.4 Å². The fourth-order valence-electron chi connectivity index (χ4n) is 2.55. The number of halogens is 1. The van der Waals surface area contributed by atoms with Gasteiger partial charge >= 0.3 is 5.97 Å². The number of carboxylic acid groups (broad SMARTS) is 1. The molecule has 0 saturated carbocycles. The highest BCUT2D eigenvalue weighted by Gasteiger charge is 2.18. The lowest BCUT2D eigenvalue weighted by molar-refractivity contribution is 0.0695. The van der Waals surface area contributed by atoms with Crippen molar-refractivity contribution in [3.05, 3.63) is 62.6 Å². The zero-order valence-corrected chi connectivity index (χ0v) is 15.4. The van der Waals surface area contributed by atoms with Gasteiger partial charge in [-0.15, -0.1) is 0 Å². The maximum absolute atomic E-state index is 12.5. The highest BCUT2D eigenvalue weighted by molar-refractivity contribution is 9.11. The number of hydrogen-bond donors (Lipinski definition) is 2. The largest absolute Gasteiger partial charge is 0.477 e. The first-order valence-corrected chi connectivity index (χ1v) is 8.90. The summed E-state index contributed by atoms with van der Waals surface area (Å²) in [6, 6.07) is 4.92.